The molecule has 0 atom stereocenters. The number of thiocarbonyl (C=S) groups is 1. The number of ether oxygens (including phenoxy) is 1. The third kappa shape index (κ3) is 3.54. The average Bonchev–Trinajstić information content (AvgIpc) is 2.98. The van der Waals surface area contributed by atoms with Gasteiger partial charge in [-0.2, -0.15) is 8.78 Å². The molecule has 2 rings (SSSR count). The molecule has 1 amide bonds. The Morgan fingerprint density at radius 3 is 2.09 bits per heavy atom. The first-order valence-corrected chi connectivity index (χ1v) is 7.29. The Labute approximate surface area is 135 Å². The monoisotopic (exact) mass is 350 g/mol. The van der Waals surface area contributed by atoms with Crippen LogP contribution >= 0.6 is 12.2 Å². The highest BCUT2D eigenvalue weighted by Gasteiger charge is 2.30. The van der Waals surface area contributed by atoms with Crippen LogP contribution in [0.2, 0.25) is 0 Å². The van der Waals surface area contributed by atoms with Crippen molar-refractivity contribution in [1.29, 1.82) is 0 Å². The number of nitrogens with one attached hydrogen (secondary N) is 2. The first kappa shape index (κ1) is 17.5. The lowest BCUT2D eigenvalue weighted by atomic mass is 10.1. The molecule has 1 saturated carbocycles. The summed E-state index contributed by atoms with van der Waals surface area (Å²) >= 11 is 4.87. The Hall–Kier alpha value is -1.90. The Kier molecular flexibility index (Phi) is 5.40. The summed E-state index contributed by atoms with van der Waals surface area (Å²) in [4.78, 5) is 11.9. The van der Waals surface area contributed by atoms with Gasteiger partial charge in [-0.3, -0.25) is 10.1 Å². The number of carbonyl (C=O) groups excluding carboxylic acids is 1. The lowest BCUT2D eigenvalue weighted by molar-refractivity contribution is 0.0965. The number of rotatable bonds is 3. The molecule has 0 aromatic heterocycles. The van der Waals surface area contributed by atoms with Crippen LogP contribution in [-0.4, -0.2) is 24.2 Å². The van der Waals surface area contributed by atoms with Crippen molar-refractivity contribution in [3.05, 3.63) is 28.8 Å². The second-order valence-corrected chi connectivity index (χ2v) is 5.48. The maximum absolute atomic E-state index is 13.8. The summed E-state index contributed by atoms with van der Waals surface area (Å²) in [5, 5.41) is 4.68. The van der Waals surface area contributed by atoms with Crippen LogP contribution in [0.3, 0.4) is 0 Å². The Balaban J connectivity index is 2.20. The van der Waals surface area contributed by atoms with Crippen LogP contribution in [0, 0.1) is 23.3 Å². The molecule has 0 bridgehead atoms. The summed E-state index contributed by atoms with van der Waals surface area (Å²) in [6, 6.07) is 0.0573. The molecule has 1 aliphatic rings. The summed E-state index contributed by atoms with van der Waals surface area (Å²) in [7, 11) is 0.848. The van der Waals surface area contributed by atoms with Gasteiger partial charge in [0.15, 0.2) is 22.5 Å². The first-order chi connectivity index (χ1) is 10.9. The third-order valence-corrected chi connectivity index (χ3v) is 3.79. The number of hydrogen-bond acceptors (Lipinski definition) is 3. The molecule has 23 heavy (non-hydrogen) atoms. The van der Waals surface area contributed by atoms with Crippen LogP contribution in [0.15, 0.2) is 0 Å². The highest BCUT2D eigenvalue weighted by atomic mass is 32.1. The van der Waals surface area contributed by atoms with Gasteiger partial charge in [0, 0.05) is 6.04 Å². The number of benzene rings is 1. The molecule has 0 spiro atoms. The van der Waals surface area contributed by atoms with E-state index in [9.17, 15) is 22.4 Å². The van der Waals surface area contributed by atoms with Gasteiger partial charge in [-0.15, -0.1) is 0 Å². The van der Waals surface area contributed by atoms with E-state index >= 15 is 0 Å². The molecule has 0 heterocycles. The lowest BCUT2D eigenvalue weighted by Gasteiger charge is -2.16. The van der Waals surface area contributed by atoms with Crippen molar-refractivity contribution in [3.63, 3.8) is 0 Å². The molecule has 0 saturated heterocycles. The molecule has 126 valence electrons. The van der Waals surface area contributed by atoms with E-state index in [1.807, 2.05) is 5.32 Å². The van der Waals surface area contributed by atoms with Gasteiger partial charge in [0.25, 0.3) is 5.91 Å². The van der Waals surface area contributed by atoms with Crippen molar-refractivity contribution in [2.75, 3.05) is 7.11 Å². The zero-order valence-corrected chi connectivity index (χ0v) is 13.0. The van der Waals surface area contributed by atoms with Crippen LogP contribution in [0.1, 0.15) is 36.0 Å². The van der Waals surface area contributed by atoms with Crippen LogP contribution in [0.25, 0.3) is 0 Å². The molecule has 4 nitrogen and oxygen atoms in total. The predicted molar refractivity (Wildman–Crippen MR) is 78.3 cm³/mol. The van der Waals surface area contributed by atoms with Crippen molar-refractivity contribution < 1.29 is 27.1 Å². The highest BCUT2D eigenvalue weighted by molar-refractivity contribution is 7.80. The van der Waals surface area contributed by atoms with Crippen molar-refractivity contribution in [2.45, 2.75) is 31.7 Å². The van der Waals surface area contributed by atoms with Gasteiger partial charge in [0.1, 0.15) is 5.56 Å². The summed E-state index contributed by atoms with van der Waals surface area (Å²) < 4.78 is 59.0. The zero-order chi connectivity index (χ0) is 17.1. The largest absolute Gasteiger partial charge is 0.491 e. The van der Waals surface area contributed by atoms with E-state index in [1.165, 1.54) is 0 Å². The van der Waals surface area contributed by atoms with Crippen LogP contribution in [0.5, 0.6) is 5.75 Å². The van der Waals surface area contributed by atoms with Gasteiger partial charge in [0.2, 0.25) is 11.6 Å². The fraction of sp³-hybridized carbons (Fsp3) is 0.429. The third-order valence-electron chi connectivity index (χ3n) is 3.57. The normalized spacial score (nSPS) is 14.7. The minimum absolute atomic E-state index is 0.0573. The highest BCUT2D eigenvalue weighted by Crippen LogP contribution is 2.29. The van der Waals surface area contributed by atoms with E-state index in [0.717, 1.165) is 32.8 Å². The van der Waals surface area contributed by atoms with Gasteiger partial charge in [0.05, 0.1) is 7.11 Å². The van der Waals surface area contributed by atoms with Crippen molar-refractivity contribution in [2.24, 2.45) is 0 Å². The topological polar surface area (TPSA) is 50.4 Å². The SMILES string of the molecule is COc1c(F)c(F)c(C(=O)NC(=S)NC2CCCC2)c(F)c1F. The number of amides is 1. The molecule has 1 aromatic rings. The Bertz CT molecular complexity index is 619. The molecule has 1 fully saturated rings. The van der Waals surface area contributed by atoms with Crippen molar-refractivity contribution in [1.82, 2.24) is 10.6 Å². The number of carbonyl (C=O) groups is 1. The smallest absolute Gasteiger partial charge is 0.263 e. The fourth-order valence-electron chi connectivity index (χ4n) is 2.45. The first-order valence-electron chi connectivity index (χ1n) is 6.88. The quantitative estimate of drug-likeness (QED) is 0.500. The molecule has 2 N–H and O–H groups in total. The van der Waals surface area contributed by atoms with E-state index < -0.39 is 40.5 Å². The minimum atomic E-state index is -1.85. The van der Waals surface area contributed by atoms with E-state index in [1.54, 1.807) is 0 Å². The van der Waals surface area contributed by atoms with E-state index in [2.05, 4.69) is 10.1 Å². The zero-order valence-electron chi connectivity index (χ0n) is 12.1. The van der Waals surface area contributed by atoms with Crippen LogP contribution in [-0.2, 0) is 0 Å². The standard InChI is InChI=1S/C14H14F4N2O2S/c1-22-12-10(17)8(15)7(9(16)11(12)18)13(21)20-14(23)19-6-4-2-3-5-6/h6H,2-5H2,1H3,(H2,19,20,21,23). The second kappa shape index (κ2) is 7.12. The number of halogens is 4. The molecule has 1 aromatic carbocycles. The Morgan fingerprint density at radius 1 is 1.09 bits per heavy atom. The van der Waals surface area contributed by atoms with Crippen LogP contribution in [0.4, 0.5) is 17.6 Å². The summed E-state index contributed by atoms with van der Waals surface area (Å²) in [5.41, 5.74) is -1.39. The van der Waals surface area contributed by atoms with Gasteiger partial charge >= 0.3 is 0 Å². The lowest BCUT2D eigenvalue weighted by Crippen LogP contribution is -2.44. The number of hydrogen-bond donors (Lipinski definition) is 2. The molecule has 0 unspecified atom stereocenters. The minimum Gasteiger partial charge on any atom is -0.491 e. The summed E-state index contributed by atoms with van der Waals surface area (Å²) in [5.74, 6) is -9.87. The van der Waals surface area contributed by atoms with E-state index in [0.29, 0.717) is 0 Å². The molecule has 9 heteroatoms. The average molecular weight is 350 g/mol. The fourth-order valence-corrected chi connectivity index (χ4v) is 2.71. The maximum atomic E-state index is 13.8. The van der Waals surface area contributed by atoms with Crippen molar-refractivity contribution >= 4 is 23.2 Å². The van der Waals surface area contributed by atoms with Gasteiger partial charge in [-0.1, -0.05) is 12.8 Å². The van der Waals surface area contributed by atoms with Gasteiger partial charge in [-0.25, -0.2) is 8.78 Å². The predicted octanol–water partition coefficient (Wildman–Crippen LogP) is 2.80. The molecular weight excluding hydrogens is 336 g/mol. The second-order valence-electron chi connectivity index (χ2n) is 5.07. The molecule has 1 aliphatic carbocycles. The number of methoxy groups -OCH3 is 1. The van der Waals surface area contributed by atoms with E-state index in [4.69, 9.17) is 12.2 Å². The summed E-state index contributed by atoms with van der Waals surface area (Å²) in [6.45, 7) is 0. The van der Waals surface area contributed by atoms with Crippen LogP contribution < -0.4 is 15.4 Å². The summed E-state index contributed by atoms with van der Waals surface area (Å²) in [6.07, 6.45) is 3.72. The Morgan fingerprint density at radius 2 is 1.61 bits per heavy atom. The maximum Gasteiger partial charge on any atom is 0.263 e. The van der Waals surface area contributed by atoms with Crippen molar-refractivity contribution in [3.8, 4) is 5.75 Å². The van der Waals surface area contributed by atoms with Gasteiger partial charge < -0.3 is 10.1 Å². The molecular formula is C14H14F4N2O2S. The molecule has 0 radical (unpaired) electrons. The van der Waals surface area contributed by atoms with E-state index in [-0.39, 0.29) is 11.2 Å². The van der Waals surface area contributed by atoms with Gasteiger partial charge in [-0.05, 0) is 25.1 Å². The molecule has 0 aliphatic heterocycles.